The Morgan fingerprint density at radius 1 is 1.21 bits per heavy atom. The topological polar surface area (TPSA) is 63.4 Å². The molecule has 0 aromatic heterocycles. The van der Waals surface area contributed by atoms with Crippen LogP contribution in [0.5, 0.6) is 0 Å². The number of hydrogen-bond acceptors (Lipinski definition) is 5. The fraction of sp³-hybridized carbons (Fsp3) is 0.500. The van der Waals surface area contributed by atoms with Gasteiger partial charge in [0.05, 0.1) is 5.75 Å². The quantitative estimate of drug-likeness (QED) is 0.586. The molecule has 108 valence electrons. The number of rotatable bonds is 8. The minimum Gasteiger partial charge on any atom is -0.399 e. The molecule has 1 rings (SSSR count). The molecule has 0 heterocycles. The first kappa shape index (κ1) is 16.7. The molecule has 0 atom stereocenters. The SMILES string of the molecule is CSCCN(C)S(=O)(=O)CCSc1ccc(N)cc1. The van der Waals surface area contributed by atoms with Crippen molar-refractivity contribution in [3.8, 4) is 0 Å². The zero-order chi connectivity index (χ0) is 14.3. The van der Waals surface area contributed by atoms with Gasteiger partial charge in [-0.1, -0.05) is 0 Å². The lowest BCUT2D eigenvalue weighted by Crippen LogP contribution is -2.31. The van der Waals surface area contributed by atoms with E-state index in [1.54, 1.807) is 18.8 Å². The van der Waals surface area contributed by atoms with E-state index in [1.807, 2.05) is 30.5 Å². The summed E-state index contributed by atoms with van der Waals surface area (Å²) in [4.78, 5) is 1.04. The van der Waals surface area contributed by atoms with Crippen LogP contribution in [0.2, 0.25) is 0 Å². The molecule has 0 aliphatic carbocycles. The molecule has 7 heteroatoms. The maximum atomic E-state index is 12.0. The molecule has 0 aliphatic rings. The van der Waals surface area contributed by atoms with E-state index in [0.29, 0.717) is 18.0 Å². The molecule has 0 aliphatic heterocycles. The third-order valence-corrected chi connectivity index (χ3v) is 6.29. The zero-order valence-corrected chi connectivity index (χ0v) is 13.7. The molecular weight excluding hydrogens is 300 g/mol. The second-order valence-corrected chi connectivity index (χ2v) is 8.40. The van der Waals surface area contributed by atoms with E-state index < -0.39 is 10.0 Å². The number of benzene rings is 1. The Bertz CT molecular complexity index is 474. The first-order valence-electron chi connectivity index (χ1n) is 5.87. The molecule has 0 radical (unpaired) electrons. The summed E-state index contributed by atoms with van der Waals surface area (Å²) in [6.45, 7) is 0.566. The summed E-state index contributed by atoms with van der Waals surface area (Å²) in [5.74, 6) is 1.53. The van der Waals surface area contributed by atoms with Gasteiger partial charge in [0, 0.05) is 35.7 Å². The van der Waals surface area contributed by atoms with Gasteiger partial charge in [-0.05, 0) is 30.5 Å². The molecular formula is C12H20N2O2S3. The van der Waals surface area contributed by atoms with Gasteiger partial charge in [0.1, 0.15) is 0 Å². The van der Waals surface area contributed by atoms with Gasteiger partial charge < -0.3 is 5.73 Å². The van der Waals surface area contributed by atoms with Gasteiger partial charge >= 0.3 is 0 Å². The molecule has 0 saturated heterocycles. The van der Waals surface area contributed by atoms with Crippen LogP contribution in [-0.4, -0.2) is 49.8 Å². The number of nitrogens with two attached hydrogens (primary N) is 1. The summed E-state index contributed by atoms with van der Waals surface area (Å²) in [6.07, 6.45) is 1.97. The fourth-order valence-electron chi connectivity index (χ4n) is 1.34. The molecule has 1 aromatic carbocycles. The van der Waals surface area contributed by atoms with E-state index in [9.17, 15) is 8.42 Å². The lowest BCUT2D eigenvalue weighted by atomic mass is 10.3. The number of sulfonamides is 1. The van der Waals surface area contributed by atoms with Crippen molar-refractivity contribution in [1.29, 1.82) is 0 Å². The standard InChI is InChI=1S/C12H20N2O2S3/c1-14(7-8-17-2)19(15,16)10-9-18-12-5-3-11(13)4-6-12/h3-6H,7-10,13H2,1-2H3. The lowest BCUT2D eigenvalue weighted by molar-refractivity contribution is 0.490. The maximum Gasteiger partial charge on any atom is 0.214 e. The van der Waals surface area contributed by atoms with Crippen LogP contribution >= 0.6 is 23.5 Å². The highest BCUT2D eigenvalue weighted by molar-refractivity contribution is 8.00. The molecule has 1 aromatic rings. The normalized spacial score (nSPS) is 11.9. The van der Waals surface area contributed by atoms with E-state index in [-0.39, 0.29) is 5.75 Å². The summed E-state index contributed by atoms with van der Waals surface area (Å²) in [5.41, 5.74) is 6.31. The van der Waals surface area contributed by atoms with Crippen molar-refractivity contribution >= 4 is 39.2 Å². The van der Waals surface area contributed by atoms with Crippen LogP contribution in [0.3, 0.4) is 0 Å². The Balaban J connectivity index is 2.41. The first-order valence-corrected chi connectivity index (χ1v) is 9.86. The number of nitrogens with zero attached hydrogens (tertiary/aromatic N) is 1. The molecule has 0 fully saturated rings. The Hall–Kier alpha value is -0.370. The van der Waals surface area contributed by atoms with Crippen molar-refractivity contribution in [2.24, 2.45) is 0 Å². The number of hydrogen-bond donors (Lipinski definition) is 1. The summed E-state index contributed by atoms with van der Waals surface area (Å²) in [6, 6.07) is 7.46. The smallest absolute Gasteiger partial charge is 0.214 e. The monoisotopic (exact) mass is 320 g/mol. The molecule has 2 N–H and O–H groups in total. The second kappa shape index (κ2) is 8.04. The van der Waals surface area contributed by atoms with Crippen LogP contribution in [-0.2, 0) is 10.0 Å². The van der Waals surface area contributed by atoms with Crippen molar-refractivity contribution in [3.63, 3.8) is 0 Å². The van der Waals surface area contributed by atoms with E-state index >= 15 is 0 Å². The average Bonchev–Trinajstić information content (AvgIpc) is 2.38. The van der Waals surface area contributed by atoms with Crippen LogP contribution in [0, 0.1) is 0 Å². The van der Waals surface area contributed by atoms with Gasteiger partial charge in [-0.15, -0.1) is 11.8 Å². The largest absolute Gasteiger partial charge is 0.399 e. The molecule has 0 spiro atoms. The average molecular weight is 321 g/mol. The van der Waals surface area contributed by atoms with Gasteiger partial charge in [-0.25, -0.2) is 12.7 Å². The van der Waals surface area contributed by atoms with Crippen molar-refractivity contribution in [3.05, 3.63) is 24.3 Å². The van der Waals surface area contributed by atoms with Crippen molar-refractivity contribution in [2.45, 2.75) is 4.90 Å². The predicted molar refractivity (Wildman–Crippen MR) is 86.4 cm³/mol. The first-order chi connectivity index (χ1) is 8.95. The van der Waals surface area contributed by atoms with Gasteiger partial charge in [0.25, 0.3) is 0 Å². The van der Waals surface area contributed by atoms with Gasteiger partial charge in [0.2, 0.25) is 10.0 Å². The highest BCUT2D eigenvalue weighted by Gasteiger charge is 2.16. The van der Waals surface area contributed by atoms with Gasteiger partial charge in [-0.2, -0.15) is 11.8 Å². The molecule has 0 amide bonds. The maximum absolute atomic E-state index is 12.0. The number of thioether (sulfide) groups is 2. The van der Waals surface area contributed by atoms with Crippen LogP contribution < -0.4 is 5.73 Å². The summed E-state index contributed by atoms with van der Waals surface area (Å²) < 4.78 is 25.4. The predicted octanol–water partition coefficient (Wildman–Crippen LogP) is 1.99. The van der Waals surface area contributed by atoms with Crippen LogP contribution in [0.15, 0.2) is 29.2 Å². The molecule has 0 saturated carbocycles. The van der Waals surface area contributed by atoms with Crippen molar-refractivity contribution in [1.82, 2.24) is 4.31 Å². The summed E-state index contributed by atoms with van der Waals surface area (Å²) in [5, 5.41) is 0. The zero-order valence-electron chi connectivity index (χ0n) is 11.2. The van der Waals surface area contributed by atoms with Crippen LogP contribution in [0.1, 0.15) is 0 Å². The van der Waals surface area contributed by atoms with E-state index in [1.165, 1.54) is 16.1 Å². The highest BCUT2D eigenvalue weighted by atomic mass is 32.2. The van der Waals surface area contributed by atoms with E-state index in [4.69, 9.17) is 5.73 Å². The van der Waals surface area contributed by atoms with E-state index in [0.717, 1.165) is 10.6 Å². The Labute approximate surface area is 124 Å². The summed E-state index contributed by atoms with van der Waals surface area (Å²) >= 11 is 3.18. The lowest BCUT2D eigenvalue weighted by Gasteiger charge is -2.16. The Morgan fingerprint density at radius 3 is 2.42 bits per heavy atom. The Kier molecular flexibility index (Phi) is 7.06. The minimum absolute atomic E-state index is 0.160. The second-order valence-electron chi connectivity index (χ2n) is 4.05. The van der Waals surface area contributed by atoms with Gasteiger partial charge in [0.15, 0.2) is 0 Å². The molecule has 4 nitrogen and oxygen atoms in total. The molecule has 19 heavy (non-hydrogen) atoms. The molecule has 0 unspecified atom stereocenters. The summed E-state index contributed by atoms with van der Waals surface area (Å²) in [7, 11) is -1.50. The van der Waals surface area contributed by atoms with E-state index in [2.05, 4.69) is 0 Å². The minimum atomic E-state index is -3.14. The fourth-order valence-corrected chi connectivity index (χ4v) is 4.34. The highest BCUT2D eigenvalue weighted by Crippen LogP contribution is 2.19. The number of nitrogen functional groups attached to an aromatic ring is 1. The van der Waals surface area contributed by atoms with Crippen molar-refractivity contribution in [2.75, 3.05) is 42.8 Å². The Morgan fingerprint density at radius 2 is 1.84 bits per heavy atom. The van der Waals surface area contributed by atoms with Gasteiger partial charge in [-0.3, -0.25) is 0 Å². The number of anilines is 1. The van der Waals surface area contributed by atoms with Crippen LogP contribution in [0.25, 0.3) is 0 Å². The molecule has 0 bridgehead atoms. The van der Waals surface area contributed by atoms with Crippen LogP contribution in [0.4, 0.5) is 5.69 Å². The third kappa shape index (κ3) is 6.07. The van der Waals surface area contributed by atoms with Crippen molar-refractivity contribution < 1.29 is 8.42 Å². The third-order valence-electron chi connectivity index (χ3n) is 2.58.